The SMILES string of the molecule is CCC1(CNC(=O)N(CCOC)CC(=O)O)CCCC1. The first-order chi connectivity index (χ1) is 9.53. The van der Waals surface area contributed by atoms with Gasteiger partial charge in [0, 0.05) is 20.2 Å². The number of carbonyl (C=O) groups excluding carboxylic acids is 1. The van der Waals surface area contributed by atoms with Crippen molar-refractivity contribution in [3.8, 4) is 0 Å². The third kappa shape index (κ3) is 5.00. The third-order valence-corrected chi connectivity index (χ3v) is 4.21. The van der Waals surface area contributed by atoms with Gasteiger partial charge in [0.1, 0.15) is 6.54 Å². The van der Waals surface area contributed by atoms with Gasteiger partial charge in [0.15, 0.2) is 0 Å². The molecule has 0 aliphatic heterocycles. The highest BCUT2D eigenvalue weighted by molar-refractivity contribution is 5.80. The van der Waals surface area contributed by atoms with E-state index in [9.17, 15) is 9.59 Å². The molecule has 6 heteroatoms. The number of nitrogens with zero attached hydrogens (tertiary/aromatic N) is 1. The number of methoxy groups -OCH3 is 1. The van der Waals surface area contributed by atoms with Crippen molar-refractivity contribution in [3.63, 3.8) is 0 Å². The molecule has 0 unspecified atom stereocenters. The Labute approximate surface area is 120 Å². The maximum absolute atomic E-state index is 12.1. The number of hydrogen-bond donors (Lipinski definition) is 2. The molecule has 1 aliphatic rings. The lowest BCUT2D eigenvalue weighted by molar-refractivity contribution is -0.137. The summed E-state index contributed by atoms with van der Waals surface area (Å²) >= 11 is 0. The van der Waals surface area contributed by atoms with Gasteiger partial charge in [-0.1, -0.05) is 19.8 Å². The molecule has 1 aliphatic carbocycles. The number of carboxylic acids is 1. The van der Waals surface area contributed by atoms with Gasteiger partial charge in [0.2, 0.25) is 0 Å². The van der Waals surface area contributed by atoms with Gasteiger partial charge in [0.05, 0.1) is 6.61 Å². The first-order valence-corrected chi connectivity index (χ1v) is 7.26. The number of carboxylic acid groups (broad SMARTS) is 1. The number of aliphatic carboxylic acids is 1. The second-order valence-corrected chi connectivity index (χ2v) is 5.53. The molecule has 20 heavy (non-hydrogen) atoms. The van der Waals surface area contributed by atoms with Crippen molar-refractivity contribution in [1.82, 2.24) is 10.2 Å². The van der Waals surface area contributed by atoms with Crippen LogP contribution in [-0.4, -0.2) is 55.4 Å². The Hall–Kier alpha value is -1.30. The van der Waals surface area contributed by atoms with E-state index in [0.717, 1.165) is 19.3 Å². The molecular formula is C14H26N2O4. The molecule has 0 heterocycles. The van der Waals surface area contributed by atoms with Crippen molar-refractivity contribution in [2.75, 3.05) is 33.4 Å². The van der Waals surface area contributed by atoms with E-state index < -0.39 is 5.97 Å². The van der Waals surface area contributed by atoms with Crippen molar-refractivity contribution in [2.45, 2.75) is 39.0 Å². The van der Waals surface area contributed by atoms with Gasteiger partial charge in [-0.3, -0.25) is 4.79 Å². The summed E-state index contributed by atoms with van der Waals surface area (Å²) in [4.78, 5) is 24.2. The fourth-order valence-electron chi connectivity index (χ4n) is 2.77. The van der Waals surface area contributed by atoms with Gasteiger partial charge >= 0.3 is 12.0 Å². The van der Waals surface area contributed by atoms with Crippen molar-refractivity contribution >= 4 is 12.0 Å². The molecule has 0 aromatic carbocycles. The first kappa shape index (κ1) is 16.8. The van der Waals surface area contributed by atoms with Gasteiger partial charge in [0.25, 0.3) is 0 Å². The summed E-state index contributed by atoms with van der Waals surface area (Å²) in [6, 6.07) is -0.316. The Morgan fingerprint density at radius 2 is 2.00 bits per heavy atom. The minimum atomic E-state index is -1.01. The smallest absolute Gasteiger partial charge is 0.323 e. The highest BCUT2D eigenvalue weighted by Crippen LogP contribution is 2.40. The van der Waals surface area contributed by atoms with Crippen molar-refractivity contribution in [1.29, 1.82) is 0 Å². The minimum Gasteiger partial charge on any atom is -0.480 e. The number of rotatable bonds is 8. The predicted molar refractivity (Wildman–Crippen MR) is 75.7 cm³/mol. The molecule has 1 saturated carbocycles. The fraction of sp³-hybridized carbons (Fsp3) is 0.857. The molecule has 0 bridgehead atoms. The largest absolute Gasteiger partial charge is 0.480 e. The average molecular weight is 286 g/mol. The summed E-state index contributed by atoms with van der Waals surface area (Å²) in [5, 5.41) is 11.7. The van der Waals surface area contributed by atoms with Crippen LogP contribution < -0.4 is 5.32 Å². The van der Waals surface area contributed by atoms with E-state index in [1.807, 2.05) is 0 Å². The zero-order valence-electron chi connectivity index (χ0n) is 12.5. The topological polar surface area (TPSA) is 78.9 Å². The summed E-state index contributed by atoms with van der Waals surface area (Å²) < 4.78 is 4.91. The number of ether oxygens (including phenoxy) is 1. The molecule has 1 rings (SSSR count). The van der Waals surface area contributed by atoms with Crippen LogP contribution in [0, 0.1) is 5.41 Å². The quantitative estimate of drug-likeness (QED) is 0.712. The van der Waals surface area contributed by atoms with E-state index in [1.54, 1.807) is 0 Å². The van der Waals surface area contributed by atoms with Crippen LogP contribution in [0.5, 0.6) is 0 Å². The van der Waals surface area contributed by atoms with Crippen LogP contribution in [0.4, 0.5) is 4.79 Å². The second-order valence-electron chi connectivity index (χ2n) is 5.53. The molecular weight excluding hydrogens is 260 g/mol. The van der Waals surface area contributed by atoms with E-state index in [2.05, 4.69) is 12.2 Å². The highest BCUT2D eigenvalue weighted by atomic mass is 16.5. The highest BCUT2D eigenvalue weighted by Gasteiger charge is 2.32. The summed E-state index contributed by atoms with van der Waals surface area (Å²) in [6.07, 6.45) is 5.75. The number of hydrogen-bond acceptors (Lipinski definition) is 3. The van der Waals surface area contributed by atoms with Crippen LogP contribution in [-0.2, 0) is 9.53 Å². The van der Waals surface area contributed by atoms with Gasteiger partial charge in [-0.25, -0.2) is 4.79 Å². The van der Waals surface area contributed by atoms with Crippen LogP contribution >= 0.6 is 0 Å². The Kier molecular flexibility index (Phi) is 6.78. The molecule has 2 N–H and O–H groups in total. The Balaban J connectivity index is 2.49. The minimum absolute atomic E-state index is 0.200. The van der Waals surface area contributed by atoms with Gasteiger partial charge in [-0.15, -0.1) is 0 Å². The van der Waals surface area contributed by atoms with Gasteiger partial charge < -0.3 is 20.1 Å². The van der Waals surface area contributed by atoms with Crippen LogP contribution in [0.1, 0.15) is 39.0 Å². The lowest BCUT2D eigenvalue weighted by Gasteiger charge is -2.29. The van der Waals surface area contributed by atoms with Crippen molar-refractivity contribution in [3.05, 3.63) is 0 Å². The normalized spacial score (nSPS) is 16.9. The van der Waals surface area contributed by atoms with E-state index in [4.69, 9.17) is 9.84 Å². The van der Waals surface area contributed by atoms with E-state index in [0.29, 0.717) is 13.2 Å². The molecule has 0 aromatic heterocycles. The maximum atomic E-state index is 12.1. The molecule has 0 spiro atoms. The first-order valence-electron chi connectivity index (χ1n) is 7.26. The number of amides is 2. The standard InChI is InChI=1S/C14H26N2O4/c1-3-14(6-4-5-7-14)11-15-13(19)16(8-9-20-2)10-12(17)18/h3-11H2,1-2H3,(H,15,19)(H,17,18). The number of carbonyl (C=O) groups is 2. The molecule has 0 saturated heterocycles. The van der Waals surface area contributed by atoms with Crippen molar-refractivity contribution in [2.24, 2.45) is 5.41 Å². The third-order valence-electron chi connectivity index (χ3n) is 4.21. The molecule has 0 atom stereocenters. The van der Waals surface area contributed by atoms with E-state index in [1.165, 1.54) is 24.9 Å². The lowest BCUT2D eigenvalue weighted by Crippen LogP contribution is -2.47. The second kappa shape index (κ2) is 8.09. The molecule has 0 aromatic rings. The molecule has 6 nitrogen and oxygen atoms in total. The summed E-state index contributed by atoms with van der Waals surface area (Å²) in [6.45, 7) is 3.10. The zero-order chi connectivity index (χ0) is 15.0. The average Bonchev–Trinajstić information content (AvgIpc) is 2.90. The van der Waals surface area contributed by atoms with Crippen molar-refractivity contribution < 1.29 is 19.4 Å². The van der Waals surface area contributed by atoms with E-state index in [-0.39, 0.29) is 24.5 Å². The van der Waals surface area contributed by atoms with Crippen LogP contribution in [0.2, 0.25) is 0 Å². The fourth-order valence-corrected chi connectivity index (χ4v) is 2.77. The monoisotopic (exact) mass is 286 g/mol. The van der Waals surface area contributed by atoms with Gasteiger partial charge in [-0.05, 0) is 24.7 Å². The Morgan fingerprint density at radius 3 is 2.50 bits per heavy atom. The molecule has 116 valence electrons. The maximum Gasteiger partial charge on any atom is 0.323 e. The predicted octanol–water partition coefficient (Wildman–Crippen LogP) is 1.70. The molecule has 0 radical (unpaired) electrons. The van der Waals surface area contributed by atoms with Gasteiger partial charge in [-0.2, -0.15) is 0 Å². The van der Waals surface area contributed by atoms with Crippen LogP contribution in [0.15, 0.2) is 0 Å². The number of urea groups is 1. The van der Waals surface area contributed by atoms with E-state index >= 15 is 0 Å². The number of nitrogens with one attached hydrogen (secondary N) is 1. The Morgan fingerprint density at radius 1 is 1.35 bits per heavy atom. The molecule has 1 fully saturated rings. The lowest BCUT2D eigenvalue weighted by atomic mass is 9.83. The Bertz CT molecular complexity index is 327. The summed E-state index contributed by atoms with van der Waals surface area (Å²) in [5.74, 6) is -1.01. The summed E-state index contributed by atoms with van der Waals surface area (Å²) in [7, 11) is 1.53. The zero-order valence-corrected chi connectivity index (χ0v) is 12.5. The van der Waals surface area contributed by atoms with Crippen LogP contribution in [0.3, 0.4) is 0 Å². The molecule has 2 amide bonds. The summed E-state index contributed by atoms with van der Waals surface area (Å²) in [5.41, 5.74) is 0.200. The van der Waals surface area contributed by atoms with Crippen LogP contribution in [0.25, 0.3) is 0 Å².